The predicted molar refractivity (Wildman–Crippen MR) is 122 cm³/mol. The summed E-state index contributed by atoms with van der Waals surface area (Å²) in [5.74, 6) is -1.27. The van der Waals surface area contributed by atoms with Gasteiger partial charge in [0.25, 0.3) is 0 Å². The highest BCUT2D eigenvalue weighted by Gasteiger charge is 2.29. The van der Waals surface area contributed by atoms with Gasteiger partial charge in [-0.15, -0.1) is 0 Å². The zero-order valence-corrected chi connectivity index (χ0v) is 20.9. The first-order valence-electron chi connectivity index (χ1n) is 10.7. The van der Waals surface area contributed by atoms with Crippen molar-refractivity contribution in [3.05, 3.63) is 0 Å². The van der Waals surface area contributed by atoms with Crippen molar-refractivity contribution in [1.29, 1.82) is 0 Å². The SMILES string of the molecule is CC(C)CCC(=O)N(C)C(=O)N(C)C(=O)NC(=O)N(C)CC(=O)N(C)[C@@H](CC(C)C)C(N)=O. The van der Waals surface area contributed by atoms with Crippen LogP contribution in [0.25, 0.3) is 0 Å². The van der Waals surface area contributed by atoms with Gasteiger partial charge in [-0.05, 0) is 24.7 Å². The molecule has 0 aromatic heterocycles. The lowest BCUT2D eigenvalue weighted by atomic mass is 10.0. The van der Waals surface area contributed by atoms with E-state index in [1.54, 1.807) is 0 Å². The van der Waals surface area contributed by atoms with Crippen LogP contribution in [0.1, 0.15) is 47.0 Å². The lowest BCUT2D eigenvalue weighted by Gasteiger charge is -2.29. The number of nitrogens with zero attached hydrogens (tertiary/aromatic N) is 4. The van der Waals surface area contributed by atoms with Crippen molar-refractivity contribution < 1.29 is 28.8 Å². The highest BCUT2D eigenvalue weighted by atomic mass is 16.2. The second kappa shape index (κ2) is 13.4. The molecule has 0 aliphatic rings. The summed E-state index contributed by atoms with van der Waals surface area (Å²) in [5, 5.41) is 1.99. The van der Waals surface area contributed by atoms with E-state index in [0.717, 1.165) is 16.8 Å². The zero-order valence-electron chi connectivity index (χ0n) is 20.9. The van der Waals surface area contributed by atoms with Crippen LogP contribution in [0.15, 0.2) is 0 Å². The molecular formula is C21H38N6O6. The molecule has 0 aromatic carbocycles. The predicted octanol–water partition coefficient (Wildman–Crippen LogP) is 1.05. The lowest BCUT2D eigenvalue weighted by Crippen LogP contribution is -2.54. The summed E-state index contributed by atoms with van der Waals surface area (Å²) in [7, 11) is 5.07. The summed E-state index contributed by atoms with van der Waals surface area (Å²) >= 11 is 0. The Labute approximate surface area is 195 Å². The summed E-state index contributed by atoms with van der Waals surface area (Å²) in [6.45, 7) is 7.22. The van der Waals surface area contributed by atoms with Crippen molar-refractivity contribution in [3.8, 4) is 0 Å². The number of hydrogen-bond donors (Lipinski definition) is 2. The van der Waals surface area contributed by atoms with E-state index in [9.17, 15) is 28.8 Å². The topological polar surface area (TPSA) is 153 Å². The molecule has 0 radical (unpaired) electrons. The molecule has 0 rings (SSSR count). The first-order valence-corrected chi connectivity index (χ1v) is 10.7. The Balaban J connectivity index is 4.94. The maximum absolute atomic E-state index is 12.5. The fourth-order valence-electron chi connectivity index (χ4n) is 2.74. The first kappa shape index (κ1) is 29.8. The molecule has 12 heteroatoms. The van der Waals surface area contributed by atoms with Crippen LogP contribution in [-0.2, 0) is 14.4 Å². The van der Waals surface area contributed by atoms with Crippen LogP contribution in [0, 0.1) is 11.8 Å². The van der Waals surface area contributed by atoms with Gasteiger partial charge in [-0.2, -0.15) is 0 Å². The third-order valence-corrected chi connectivity index (χ3v) is 5.01. The molecule has 0 aromatic rings. The van der Waals surface area contributed by atoms with Crippen LogP contribution in [0.4, 0.5) is 14.4 Å². The van der Waals surface area contributed by atoms with E-state index in [2.05, 4.69) is 0 Å². The second-order valence-electron chi connectivity index (χ2n) is 8.87. The summed E-state index contributed by atoms with van der Waals surface area (Å²) in [5.41, 5.74) is 5.39. The van der Waals surface area contributed by atoms with E-state index in [-0.39, 0.29) is 18.3 Å². The molecule has 188 valence electrons. The molecule has 0 heterocycles. The number of amides is 9. The molecule has 0 bridgehead atoms. The third kappa shape index (κ3) is 9.87. The molecule has 33 heavy (non-hydrogen) atoms. The monoisotopic (exact) mass is 470 g/mol. The number of nitrogens with two attached hydrogens (primary N) is 1. The van der Waals surface area contributed by atoms with Gasteiger partial charge in [0, 0.05) is 34.6 Å². The Hall–Kier alpha value is -3.18. The molecular weight excluding hydrogens is 432 g/mol. The maximum atomic E-state index is 12.5. The lowest BCUT2D eigenvalue weighted by molar-refractivity contribution is -0.138. The van der Waals surface area contributed by atoms with Gasteiger partial charge < -0.3 is 15.5 Å². The normalized spacial score (nSPS) is 11.6. The van der Waals surface area contributed by atoms with Crippen molar-refractivity contribution in [2.45, 2.75) is 53.0 Å². The van der Waals surface area contributed by atoms with Crippen LogP contribution in [-0.4, -0.2) is 96.2 Å². The van der Waals surface area contributed by atoms with Crippen LogP contribution in [0.2, 0.25) is 0 Å². The van der Waals surface area contributed by atoms with Crippen LogP contribution in [0.5, 0.6) is 0 Å². The molecule has 3 N–H and O–H groups in total. The molecule has 0 saturated carbocycles. The van der Waals surface area contributed by atoms with Gasteiger partial charge in [-0.3, -0.25) is 24.6 Å². The van der Waals surface area contributed by atoms with Crippen LogP contribution >= 0.6 is 0 Å². The van der Waals surface area contributed by atoms with Gasteiger partial charge in [0.05, 0.1) is 0 Å². The Bertz CT molecular complexity index is 754. The molecule has 0 unspecified atom stereocenters. The highest BCUT2D eigenvalue weighted by Crippen LogP contribution is 2.11. The molecule has 0 saturated heterocycles. The van der Waals surface area contributed by atoms with Crippen molar-refractivity contribution >= 4 is 35.8 Å². The number of rotatable bonds is 9. The first-order chi connectivity index (χ1) is 15.1. The molecule has 0 spiro atoms. The Morgan fingerprint density at radius 3 is 1.79 bits per heavy atom. The number of hydrogen-bond acceptors (Lipinski definition) is 6. The highest BCUT2D eigenvalue weighted by molar-refractivity contribution is 6.05. The van der Waals surface area contributed by atoms with E-state index in [1.807, 2.05) is 33.0 Å². The molecule has 0 fully saturated rings. The van der Waals surface area contributed by atoms with E-state index in [4.69, 9.17) is 5.73 Å². The standard InChI is InChI=1S/C21H38N6O6/c1-13(2)9-10-16(28)26(7)21(33)27(8)20(32)23-19(31)24(5)12-17(29)25(6)15(18(22)30)11-14(3)4/h13-15H,9-12H2,1-8H3,(H2,22,30)(H,23,31,32)/t15-/m0/s1. The molecule has 0 aliphatic heterocycles. The van der Waals surface area contributed by atoms with Crippen molar-refractivity contribution in [2.24, 2.45) is 17.6 Å². The van der Waals surface area contributed by atoms with Gasteiger partial charge in [0.1, 0.15) is 12.6 Å². The average molecular weight is 471 g/mol. The number of urea groups is 3. The number of carbonyl (C=O) groups is 6. The van der Waals surface area contributed by atoms with Crippen molar-refractivity contribution in [2.75, 3.05) is 34.7 Å². The molecule has 9 amide bonds. The minimum Gasteiger partial charge on any atom is -0.368 e. The molecule has 12 nitrogen and oxygen atoms in total. The van der Waals surface area contributed by atoms with Crippen LogP contribution < -0.4 is 11.1 Å². The van der Waals surface area contributed by atoms with Crippen molar-refractivity contribution in [3.63, 3.8) is 0 Å². The number of nitrogens with one attached hydrogen (secondary N) is 1. The maximum Gasteiger partial charge on any atom is 0.334 e. The molecule has 0 aliphatic carbocycles. The minimum atomic E-state index is -1.06. The quantitative estimate of drug-likeness (QED) is 0.513. The summed E-state index contributed by atoms with van der Waals surface area (Å²) in [6.07, 6.45) is 1.10. The number of carbonyl (C=O) groups excluding carboxylic acids is 6. The summed E-state index contributed by atoms with van der Waals surface area (Å²) < 4.78 is 0. The van der Waals surface area contributed by atoms with E-state index < -0.39 is 48.4 Å². The van der Waals surface area contributed by atoms with E-state index in [1.165, 1.54) is 26.0 Å². The fourth-order valence-corrected chi connectivity index (χ4v) is 2.74. The van der Waals surface area contributed by atoms with Gasteiger partial charge in [0.2, 0.25) is 17.7 Å². The van der Waals surface area contributed by atoms with Gasteiger partial charge in [-0.1, -0.05) is 27.7 Å². The molecule has 1 atom stereocenters. The minimum absolute atomic E-state index is 0.111. The number of likely N-dealkylation sites (N-methyl/N-ethyl adjacent to an activating group) is 2. The van der Waals surface area contributed by atoms with Crippen molar-refractivity contribution in [1.82, 2.24) is 24.9 Å². The van der Waals surface area contributed by atoms with Gasteiger partial charge in [0.15, 0.2) is 0 Å². The Kier molecular flexibility index (Phi) is 12.1. The van der Waals surface area contributed by atoms with Gasteiger partial charge >= 0.3 is 18.1 Å². The Morgan fingerprint density at radius 1 is 0.788 bits per heavy atom. The van der Waals surface area contributed by atoms with E-state index >= 15 is 0 Å². The second-order valence-corrected chi connectivity index (χ2v) is 8.87. The summed E-state index contributed by atoms with van der Waals surface area (Å²) in [4.78, 5) is 76.7. The summed E-state index contributed by atoms with van der Waals surface area (Å²) in [6, 6.07) is -3.72. The third-order valence-electron chi connectivity index (χ3n) is 5.01. The fraction of sp³-hybridized carbons (Fsp3) is 0.714. The zero-order chi connectivity index (χ0) is 26.0. The Morgan fingerprint density at radius 2 is 1.33 bits per heavy atom. The number of primary amides is 1. The van der Waals surface area contributed by atoms with Crippen LogP contribution in [0.3, 0.4) is 0 Å². The van der Waals surface area contributed by atoms with E-state index in [0.29, 0.717) is 17.7 Å². The average Bonchev–Trinajstić information content (AvgIpc) is 2.72. The largest absolute Gasteiger partial charge is 0.368 e. The number of imide groups is 3. The van der Waals surface area contributed by atoms with Gasteiger partial charge in [-0.25, -0.2) is 19.3 Å². The smallest absolute Gasteiger partial charge is 0.334 e.